The van der Waals surface area contributed by atoms with E-state index < -0.39 is 0 Å². The lowest BCUT2D eigenvalue weighted by atomic mass is 9.71. The van der Waals surface area contributed by atoms with Crippen LogP contribution in [-0.4, -0.2) is 60.2 Å². The van der Waals surface area contributed by atoms with Gasteiger partial charge in [0.05, 0.1) is 17.3 Å². The zero-order chi connectivity index (χ0) is 27.0. The minimum absolute atomic E-state index is 0.310. The summed E-state index contributed by atoms with van der Waals surface area (Å²) in [5, 5.41) is 13.3. The van der Waals surface area contributed by atoms with Crippen LogP contribution in [0.25, 0.3) is 0 Å². The molecular formula is C31H35ClN6O. The summed E-state index contributed by atoms with van der Waals surface area (Å²) in [5.41, 5.74) is 3.75. The normalized spacial score (nSPS) is 19.3. The number of piperidine rings is 1. The standard InChI is InChI=1S/C31H35ClN6O/c1-30(2,24-13-22(16-33)14-25(32)15-24)23-3-5-28(6-4-23)39-19-26-7-10-35-29(36-26)37-11-8-31(9-12-37)20-38(21-31)27-17-34-18-27/h3-7,10,13-15,27,34H,8-9,11-12,17-21H2,1-2H3. The van der Waals surface area contributed by atoms with E-state index in [1.807, 2.05) is 36.5 Å². The molecule has 3 saturated heterocycles. The number of nitriles is 1. The number of hydrogen-bond acceptors (Lipinski definition) is 7. The first-order chi connectivity index (χ1) is 18.8. The highest BCUT2D eigenvalue weighted by Crippen LogP contribution is 2.42. The third-order valence-electron chi connectivity index (χ3n) is 8.87. The van der Waals surface area contributed by atoms with E-state index in [1.165, 1.54) is 25.9 Å². The molecule has 0 saturated carbocycles. The van der Waals surface area contributed by atoms with E-state index in [0.717, 1.165) is 60.7 Å². The third-order valence-corrected chi connectivity index (χ3v) is 9.09. The second kappa shape index (κ2) is 10.4. The van der Waals surface area contributed by atoms with Crippen molar-refractivity contribution in [3.05, 3.63) is 82.1 Å². The van der Waals surface area contributed by atoms with Crippen molar-refractivity contribution in [3.8, 4) is 11.8 Å². The van der Waals surface area contributed by atoms with Crippen molar-refractivity contribution in [2.75, 3.05) is 44.2 Å². The van der Waals surface area contributed by atoms with E-state index in [2.05, 4.69) is 52.2 Å². The molecular weight excluding hydrogens is 508 g/mol. The number of aromatic nitrogens is 2. The van der Waals surface area contributed by atoms with Crippen LogP contribution in [0.4, 0.5) is 5.95 Å². The van der Waals surface area contributed by atoms with E-state index in [0.29, 0.717) is 22.6 Å². The third kappa shape index (κ3) is 5.34. The summed E-state index contributed by atoms with van der Waals surface area (Å²) in [4.78, 5) is 14.4. The van der Waals surface area contributed by atoms with Gasteiger partial charge >= 0.3 is 0 Å². The lowest BCUT2D eigenvalue weighted by molar-refractivity contribution is -0.0592. The first-order valence-corrected chi connectivity index (χ1v) is 14.2. The number of likely N-dealkylation sites (tertiary alicyclic amines) is 1. The Kier molecular flexibility index (Phi) is 6.96. The highest BCUT2D eigenvalue weighted by atomic mass is 35.5. The van der Waals surface area contributed by atoms with E-state index in [4.69, 9.17) is 21.3 Å². The fraction of sp³-hybridized carbons (Fsp3) is 0.452. The number of benzene rings is 2. The Labute approximate surface area is 235 Å². The predicted octanol–water partition coefficient (Wildman–Crippen LogP) is 4.78. The molecule has 7 nitrogen and oxygen atoms in total. The van der Waals surface area contributed by atoms with Crippen LogP contribution >= 0.6 is 11.6 Å². The van der Waals surface area contributed by atoms with Crippen molar-refractivity contribution in [1.29, 1.82) is 5.26 Å². The van der Waals surface area contributed by atoms with Crippen molar-refractivity contribution in [2.45, 2.75) is 44.8 Å². The van der Waals surface area contributed by atoms with Gasteiger partial charge in [-0.05, 0) is 65.8 Å². The molecule has 202 valence electrons. The zero-order valence-corrected chi connectivity index (χ0v) is 23.4. The van der Waals surface area contributed by atoms with Crippen molar-refractivity contribution in [3.63, 3.8) is 0 Å². The molecule has 3 aromatic rings. The summed E-state index contributed by atoms with van der Waals surface area (Å²) in [5.74, 6) is 1.59. The van der Waals surface area contributed by atoms with Crippen LogP contribution in [0.2, 0.25) is 5.02 Å². The van der Waals surface area contributed by atoms with Gasteiger partial charge in [0.2, 0.25) is 5.95 Å². The van der Waals surface area contributed by atoms with Gasteiger partial charge in [0.15, 0.2) is 0 Å². The Morgan fingerprint density at radius 2 is 1.82 bits per heavy atom. The maximum absolute atomic E-state index is 9.33. The summed E-state index contributed by atoms with van der Waals surface area (Å²) in [6, 6.07) is 18.5. The Morgan fingerprint density at radius 1 is 1.08 bits per heavy atom. The molecule has 1 spiro atoms. The van der Waals surface area contributed by atoms with Crippen LogP contribution in [0.3, 0.4) is 0 Å². The number of rotatable bonds is 7. The van der Waals surface area contributed by atoms with Crippen LogP contribution in [0, 0.1) is 16.7 Å². The lowest BCUT2D eigenvalue weighted by Gasteiger charge is -2.58. The number of nitrogens with one attached hydrogen (secondary N) is 1. The molecule has 2 aromatic carbocycles. The van der Waals surface area contributed by atoms with Gasteiger partial charge in [-0.1, -0.05) is 37.6 Å². The SMILES string of the molecule is CC(C)(c1ccc(OCc2ccnc(N3CCC4(CC3)CN(C3CNC3)C4)n2)cc1)c1cc(Cl)cc(C#N)c1. The molecule has 3 aliphatic heterocycles. The van der Waals surface area contributed by atoms with E-state index in [9.17, 15) is 5.26 Å². The smallest absolute Gasteiger partial charge is 0.225 e. The molecule has 3 aliphatic rings. The molecule has 1 aromatic heterocycles. The first-order valence-electron chi connectivity index (χ1n) is 13.8. The van der Waals surface area contributed by atoms with E-state index in [-0.39, 0.29) is 5.41 Å². The van der Waals surface area contributed by atoms with Gasteiger partial charge in [0.25, 0.3) is 0 Å². The van der Waals surface area contributed by atoms with Gasteiger partial charge in [-0.25, -0.2) is 9.97 Å². The van der Waals surface area contributed by atoms with E-state index in [1.54, 1.807) is 6.07 Å². The molecule has 0 radical (unpaired) electrons. The van der Waals surface area contributed by atoms with Crippen molar-refractivity contribution < 1.29 is 4.74 Å². The van der Waals surface area contributed by atoms with Crippen LogP contribution in [-0.2, 0) is 12.0 Å². The van der Waals surface area contributed by atoms with Gasteiger partial charge < -0.3 is 15.0 Å². The summed E-state index contributed by atoms with van der Waals surface area (Å²) < 4.78 is 6.09. The van der Waals surface area contributed by atoms with Crippen molar-refractivity contribution in [2.24, 2.45) is 5.41 Å². The predicted molar refractivity (Wildman–Crippen MR) is 153 cm³/mol. The summed E-state index contributed by atoms with van der Waals surface area (Å²) in [6.07, 6.45) is 4.26. The Morgan fingerprint density at radius 3 is 2.49 bits per heavy atom. The summed E-state index contributed by atoms with van der Waals surface area (Å²) in [6.45, 7) is 11.5. The molecule has 0 amide bonds. The zero-order valence-electron chi connectivity index (χ0n) is 22.7. The Hall–Kier alpha value is -3.18. The lowest BCUT2D eigenvalue weighted by Crippen LogP contribution is -2.69. The molecule has 3 fully saturated rings. The van der Waals surface area contributed by atoms with Crippen LogP contribution < -0.4 is 15.0 Å². The van der Waals surface area contributed by atoms with Gasteiger partial charge in [-0.15, -0.1) is 0 Å². The number of anilines is 1. The molecule has 4 heterocycles. The van der Waals surface area contributed by atoms with Crippen LogP contribution in [0.1, 0.15) is 49.1 Å². The fourth-order valence-electron chi connectivity index (χ4n) is 6.03. The second-order valence-electron chi connectivity index (χ2n) is 11.8. The number of hydrogen-bond donors (Lipinski definition) is 1. The maximum Gasteiger partial charge on any atom is 0.225 e. The van der Waals surface area contributed by atoms with Gasteiger partial charge in [-0.2, -0.15) is 5.26 Å². The summed E-state index contributed by atoms with van der Waals surface area (Å²) in [7, 11) is 0. The first kappa shape index (κ1) is 26.1. The number of ether oxygens (including phenoxy) is 1. The average Bonchev–Trinajstić information content (AvgIpc) is 2.90. The quantitative estimate of drug-likeness (QED) is 0.460. The minimum atomic E-state index is -0.310. The molecule has 0 atom stereocenters. The Bertz CT molecular complexity index is 1360. The molecule has 6 rings (SSSR count). The molecule has 0 aliphatic carbocycles. The average molecular weight is 543 g/mol. The van der Waals surface area contributed by atoms with Gasteiger partial charge in [0.1, 0.15) is 12.4 Å². The van der Waals surface area contributed by atoms with Gasteiger partial charge in [-0.3, -0.25) is 4.90 Å². The van der Waals surface area contributed by atoms with Crippen molar-refractivity contribution in [1.82, 2.24) is 20.2 Å². The Balaban J connectivity index is 1.04. The largest absolute Gasteiger partial charge is 0.487 e. The highest BCUT2D eigenvalue weighted by molar-refractivity contribution is 6.30. The monoisotopic (exact) mass is 542 g/mol. The molecule has 8 heteroatoms. The molecule has 0 unspecified atom stereocenters. The van der Waals surface area contributed by atoms with E-state index >= 15 is 0 Å². The van der Waals surface area contributed by atoms with Crippen molar-refractivity contribution >= 4 is 17.5 Å². The minimum Gasteiger partial charge on any atom is -0.487 e. The van der Waals surface area contributed by atoms with Crippen LogP contribution in [0.15, 0.2) is 54.7 Å². The van der Waals surface area contributed by atoms with Gasteiger partial charge in [0, 0.05) is 61.9 Å². The van der Waals surface area contributed by atoms with Crippen LogP contribution in [0.5, 0.6) is 5.75 Å². The number of nitrogens with zero attached hydrogens (tertiary/aromatic N) is 5. The summed E-state index contributed by atoms with van der Waals surface area (Å²) >= 11 is 6.26. The maximum atomic E-state index is 9.33. The molecule has 39 heavy (non-hydrogen) atoms. The molecule has 0 bridgehead atoms. The fourth-order valence-corrected chi connectivity index (χ4v) is 6.26. The number of halogens is 1. The second-order valence-corrected chi connectivity index (χ2v) is 12.3. The highest BCUT2D eigenvalue weighted by Gasteiger charge is 2.48. The topological polar surface area (TPSA) is 77.3 Å². The molecule has 1 N–H and O–H groups in total.